The van der Waals surface area contributed by atoms with Crippen LogP contribution in [-0.2, 0) is 5.88 Å². The van der Waals surface area contributed by atoms with E-state index in [4.69, 9.17) is 39.5 Å². The highest BCUT2D eigenvalue weighted by Crippen LogP contribution is 2.34. The van der Waals surface area contributed by atoms with Gasteiger partial charge in [0, 0.05) is 17.0 Å². The van der Waals surface area contributed by atoms with Crippen LogP contribution in [0.3, 0.4) is 0 Å². The van der Waals surface area contributed by atoms with E-state index in [0.29, 0.717) is 10.6 Å². The molecule has 100 valence electrons. The number of benzene rings is 2. The van der Waals surface area contributed by atoms with Crippen LogP contribution in [0, 0.1) is 11.6 Å². The minimum absolute atomic E-state index is 0.00599. The van der Waals surface area contributed by atoms with Crippen LogP contribution >= 0.6 is 34.8 Å². The fraction of sp³-hybridized carbons (Fsp3) is 0.0769. The minimum Gasteiger partial charge on any atom is -0.450 e. The van der Waals surface area contributed by atoms with Gasteiger partial charge in [-0.25, -0.2) is 8.78 Å². The fourth-order valence-corrected chi connectivity index (χ4v) is 1.92. The van der Waals surface area contributed by atoms with Crippen LogP contribution in [0.2, 0.25) is 10.0 Å². The Hall–Kier alpha value is -1.03. The molecule has 2 aromatic rings. The van der Waals surface area contributed by atoms with Gasteiger partial charge in [-0.15, -0.1) is 11.6 Å². The number of halogens is 5. The lowest BCUT2D eigenvalue weighted by atomic mass is 10.2. The Bertz CT molecular complexity index is 594. The van der Waals surface area contributed by atoms with Gasteiger partial charge in [-0.05, 0) is 29.8 Å². The van der Waals surface area contributed by atoms with Crippen LogP contribution < -0.4 is 4.74 Å². The van der Waals surface area contributed by atoms with Gasteiger partial charge in [0.25, 0.3) is 0 Å². The molecule has 0 spiro atoms. The highest BCUT2D eigenvalue weighted by atomic mass is 35.5. The maximum atomic E-state index is 13.7. The first-order valence-electron chi connectivity index (χ1n) is 5.18. The van der Waals surface area contributed by atoms with Gasteiger partial charge in [-0.3, -0.25) is 0 Å². The number of rotatable bonds is 3. The summed E-state index contributed by atoms with van der Waals surface area (Å²) >= 11 is 17.1. The van der Waals surface area contributed by atoms with E-state index in [1.54, 1.807) is 6.07 Å². The number of hydrogen-bond acceptors (Lipinski definition) is 1. The van der Waals surface area contributed by atoms with Crippen LogP contribution in [-0.4, -0.2) is 0 Å². The Morgan fingerprint density at radius 2 is 1.63 bits per heavy atom. The highest BCUT2D eigenvalue weighted by Gasteiger charge is 2.15. The predicted octanol–water partition coefficient (Wildman–Crippen LogP) is 5.80. The first-order chi connectivity index (χ1) is 9.01. The van der Waals surface area contributed by atoms with Gasteiger partial charge in [0.1, 0.15) is 5.75 Å². The Balaban J connectivity index is 2.41. The van der Waals surface area contributed by atoms with Gasteiger partial charge in [0.15, 0.2) is 17.4 Å². The molecule has 2 aromatic carbocycles. The van der Waals surface area contributed by atoms with Crippen LogP contribution in [0.4, 0.5) is 8.78 Å². The average Bonchev–Trinajstić information content (AvgIpc) is 2.37. The average molecular weight is 324 g/mol. The van der Waals surface area contributed by atoms with E-state index in [-0.39, 0.29) is 16.7 Å². The zero-order valence-corrected chi connectivity index (χ0v) is 11.7. The van der Waals surface area contributed by atoms with Gasteiger partial charge in [-0.1, -0.05) is 23.2 Å². The summed E-state index contributed by atoms with van der Waals surface area (Å²) in [6.45, 7) is 0. The van der Waals surface area contributed by atoms with Crippen LogP contribution in [0.1, 0.15) is 5.56 Å². The van der Waals surface area contributed by atoms with Gasteiger partial charge < -0.3 is 4.74 Å². The third kappa shape index (κ3) is 3.30. The summed E-state index contributed by atoms with van der Waals surface area (Å²) in [5.74, 6) is -2.17. The van der Waals surface area contributed by atoms with Gasteiger partial charge in [-0.2, -0.15) is 0 Å². The summed E-state index contributed by atoms with van der Waals surface area (Å²) in [5, 5.41) is 0.544. The molecule has 0 aliphatic rings. The lowest BCUT2D eigenvalue weighted by molar-refractivity contribution is 0.407. The second-order valence-corrected chi connectivity index (χ2v) is 4.81. The normalized spacial score (nSPS) is 10.6. The van der Waals surface area contributed by atoms with Crippen molar-refractivity contribution in [2.24, 2.45) is 0 Å². The molecule has 0 aliphatic heterocycles. The molecule has 6 heteroatoms. The lowest BCUT2D eigenvalue weighted by Crippen LogP contribution is -1.95. The van der Waals surface area contributed by atoms with E-state index >= 15 is 0 Å². The predicted molar refractivity (Wildman–Crippen MR) is 72.5 cm³/mol. The number of hydrogen-bond donors (Lipinski definition) is 0. The van der Waals surface area contributed by atoms with Gasteiger partial charge in [0.2, 0.25) is 0 Å². The first-order valence-corrected chi connectivity index (χ1v) is 6.47. The molecule has 0 atom stereocenters. The highest BCUT2D eigenvalue weighted by molar-refractivity contribution is 6.34. The van der Waals surface area contributed by atoms with E-state index in [9.17, 15) is 8.78 Å². The quantitative estimate of drug-likeness (QED) is 0.648. The second kappa shape index (κ2) is 5.95. The van der Waals surface area contributed by atoms with Crippen molar-refractivity contribution in [2.75, 3.05) is 0 Å². The topological polar surface area (TPSA) is 9.23 Å². The van der Waals surface area contributed by atoms with Crippen LogP contribution in [0.25, 0.3) is 0 Å². The molecule has 0 fully saturated rings. The third-order valence-corrected chi connectivity index (χ3v) is 3.17. The third-order valence-electron chi connectivity index (χ3n) is 2.32. The number of ether oxygens (including phenoxy) is 1. The molecule has 0 N–H and O–H groups in total. The zero-order chi connectivity index (χ0) is 14.0. The molecule has 0 amide bonds. The maximum absolute atomic E-state index is 13.7. The molecule has 0 aromatic heterocycles. The Labute approximate surface area is 123 Å². The van der Waals surface area contributed by atoms with Crippen LogP contribution in [0.5, 0.6) is 11.5 Å². The fourth-order valence-electron chi connectivity index (χ4n) is 1.45. The van der Waals surface area contributed by atoms with E-state index in [1.165, 1.54) is 12.1 Å². The second-order valence-electron chi connectivity index (χ2n) is 3.70. The smallest absolute Gasteiger partial charge is 0.198 e. The molecule has 0 radical (unpaired) electrons. The van der Waals surface area contributed by atoms with E-state index in [2.05, 4.69) is 0 Å². The summed E-state index contributed by atoms with van der Waals surface area (Å²) in [4.78, 5) is 0. The van der Waals surface area contributed by atoms with Crippen molar-refractivity contribution in [3.05, 3.63) is 57.6 Å². The molecule has 0 saturated heterocycles. The molecular formula is C13H7Cl3F2O. The van der Waals surface area contributed by atoms with Crippen LogP contribution in [0.15, 0.2) is 30.3 Å². The Morgan fingerprint density at radius 1 is 1.00 bits per heavy atom. The molecule has 0 unspecified atom stereocenters. The molecule has 0 bridgehead atoms. The summed E-state index contributed by atoms with van der Waals surface area (Å²) in [5.41, 5.74) is 0.321. The first kappa shape index (κ1) is 14.4. The summed E-state index contributed by atoms with van der Waals surface area (Å²) in [7, 11) is 0. The molecule has 2 rings (SSSR count). The largest absolute Gasteiger partial charge is 0.450 e. The molecule has 0 aliphatic carbocycles. The van der Waals surface area contributed by atoms with Gasteiger partial charge >= 0.3 is 0 Å². The van der Waals surface area contributed by atoms with E-state index in [0.717, 1.165) is 12.1 Å². The van der Waals surface area contributed by atoms with Gasteiger partial charge in [0.05, 0.1) is 5.02 Å². The summed E-state index contributed by atoms with van der Waals surface area (Å²) in [6.07, 6.45) is 0. The minimum atomic E-state index is -0.855. The van der Waals surface area contributed by atoms with E-state index in [1.807, 2.05) is 0 Å². The molecule has 1 nitrogen and oxygen atoms in total. The molecule has 0 heterocycles. The van der Waals surface area contributed by atoms with Crippen molar-refractivity contribution in [2.45, 2.75) is 5.88 Å². The maximum Gasteiger partial charge on any atom is 0.198 e. The SMILES string of the molecule is Fc1cc(CCl)cc(F)c1Oc1cc(Cl)ccc1Cl. The lowest BCUT2D eigenvalue weighted by Gasteiger charge is -2.10. The van der Waals surface area contributed by atoms with Crippen molar-refractivity contribution in [1.29, 1.82) is 0 Å². The van der Waals surface area contributed by atoms with Crippen molar-refractivity contribution < 1.29 is 13.5 Å². The standard InChI is InChI=1S/C13H7Cl3F2O/c14-6-7-3-10(17)13(11(18)4-7)19-12-5-8(15)1-2-9(12)16/h1-5H,6H2. The van der Waals surface area contributed by atoms with Crippen molar-refractivity contribution in [3.8, 4) is 11.5 Å². The van der Waals surface area contributed by atoms with Crippen molar-refractivity contribution >= 4 is 34.8 Å². The Kier molecular flexibility index (Phi) is 4.50. The number of alkyl halides is 1. The zero-order valence-electron chi connectivity index (χ0n) is 9.39. The van der Waals surface area contributed by atoms with Crippen molar-refractivity contribution in [3.63, 3.8) is 0 Å². The summed E-state index contributed by atoms with van der Waals surface area (Å²) in [6, 6.07) is 6.59. The summed E-state index contributed by atoms with van der Waals surface area (Å²) < 4.78 is 32.6. The molecule has 19 heavy (non-hydrogen) atoms. The van der Waals surface area contributed by atoms with E-state index < -0.39 is 17.4 Å². The monoisotopic (exact) mass is 322 g/mol. The molecular weight excluding hydrogens is 316 g/mol. The molecule has 0 saturated carbocycles. The Morgan fingerprint density at radius 3 is 2.21 bits per heavy atom. The van der Waals surface area contributed by atoms with Crippen molar-refractivity contribution in [1.82, 2.24) is 0 Å².